The van der Waals surface area contributed by atoms with E-state index in [4.69, 9.17) is 4.74 Å². The molecule has 20 heavy (non-hydrogen) atoms. The van der Waals surface area contributed by atoms with E-state index in [1.807, 2.05) is 19.9 Å². The van der Waals surface area contributed by atoms with Crippen LogP contribution in [-0.4, -0.2) is 22.3 Å². The Morgan fingerprint density at radius 2 is 1.90 bits per heavy atom. The molecular formula is C15H11BrO4. The normalized spacial score (nSPS) is 19.6. The van der Waals surface area contributed by atoms with Gasteiger partial charge in [0, 0.05) is 16.7 Å². The van der Waals surface area contributed by atoms with Gasteiger partial charge in [-0.05, 0) is 48.0 Å². The predicted molar refractivity (Wildman–Crippen MR) is 77.4 cm³/mol. The van der Waals surface area contributed by atoms with E-state index in [0.29, 0.717) is 11.3 Å². The van der Waals surface area contributed by atoms with Crippen molar-refractivity contribution in [3.05, 3.63) is 45.1 Å². The number of aliphatic hydroxyl groups is 1. The van der Waals surface area contributed by atoms with Gasteiger partial charge < -0.3 is 9.84 Å². The highest BCUT2D eigenvalue weighted by molar-refractivity contribution is 9.12. The van der Waals surface area contributed by atoms with Gasteiger partial charge in [0.1, 0.15) is 15.8 Å². The zero-order valence-electron chi connectivity index (χ0n) is 10.9. The first-order valence-corrected chi connectivity index (χ1v) is 6.84. The standard InChI is InChI=1S/C15H11BrO4/c1-15(2)6-5-7-9(20-15)4-3-8-10(7)13(18)11(16)14(19)12(8)17/h3-6,19H,1-2H3. The number of fused-ring (bicyclic) bond motifs is 3. The molecular weight excluding hydrogens is 324 g/mol. The molecule has 0 saturated heterocycles. The van der Waals surface area contributed by atoms with Crippen LogP contribution in [0, 0.1) is 0 Å². The summed E-state index contributed by atoms with van der Waals surface area (Å²) in [5.74, 6) is -0.975. The lowest BCUT2D eigenvalue weighted by Gasteiger charge is -2.29. The van der Waals surface area contributed by atoms with Crippen LogP contribution in [0.5, 0.6) is 5.75 Å². The number of hydrogen-bond acceptors (Lipinski definition) is 4. The predicted octanol–water partition coefficient (Wildman–Crippen LogP) is 3.41. The van der Waals surface area contributed by atoms with Gasteiger partial charge in [0.05, 0.1) is 0 Å². The summed E-state index contributed by atoms with van der Waals surface area (Å²) >= 11 is 2.97. The van der Waals surface area contributed by atoms with Gasteiger partial charge in [-0.3, -0.25) is 9.59 Å². The van der Waals surface area contributed by atoms with E-state index in [1.54, 1.807) is 12.1 Å². The second-order valence-electron chi connectivity index (χ2n) is 5.26. The molecule has 102 valence electrons. The maximum absolute atomic E-state index is 12.3. The number of rotatable bonds is 0. The molecule has 0 saturated carbocycles. The first kappa shape index (κ1) is 13.1. The molecule has 3 rings (SSSR count). The molecule has 0 fully saturated rings. The van der Waals surface area contributed by atoms with Crippen LogP contribution in [0.25, 0.3) is 6.08 Å². The highest BCUT2D eigenvalue weighted by Gasteiger charge is 2.35. The van der Waals surface area contributed by atoms with Crippen molar-refractivity contribution in [2.75, 3.05) is 0 Å². The van der Waals surface area contributed by atoms with Crippen molar-refractivity contribution >= 4 is 33.6 Å². The molecule has 1 aromatic rings. The Labute approximate surface area is 123 Å². The van der Waals surface area contributed by atoms with Crippen molar-refractivity contribution in [3.8, 4) is 5.75 Å². The second-order valence-corrected chi connectivity index (χ2v) is 6.05. The van der Waals surface area contributed by atoms with Crippen LogP contribution in [0.3, 0.4) is 0 Å². The number of hydrogen-bond donors (Lipinski definition) is 1. The average molecular weight is 335 g/mol. The van der Waals surface area contributed by atoms with Crippen LogP contribution in [-0.2, 0) is 0 Å². The van der Waals surface area contributed by atoms with E-state index in [1.165, 1.54) is 6.07 Å². The van der Waals surface area contributed by atoms with Crippen LogP contribution in [0.2, 0.25) is 0 Å². The van der Waals surface area contributed by atoms with Crippen LogP contribution in [0.1, 0.15) is 40.1 Å². The van der Waals surface area contributed by atoms with Gasteiger partial charge in [-0.1, -0.05) is 6.08 Å². The van der Waals surface area contributed by atoms with E-state index in [-0.39, 0.29) is 15.6 Å². The molecule has 1 N–H and O–H groups in total. The van der Waals surface area contributed by atoms with E-state index >= 15 is 0 Å². The van der Waals surface area contributed by atoms with Gasteiger partial charge in [0.15, 0.2) is 5.76 Å². The molecule has 1 heterocycles. The summed E-state index contributed by atoms with van der Waals surface area (Å²) in [6, 6.07) is 3.16. The summed E-state index contributed by atoms with van der Waals surface area (Å²) in [4.78, 5) is 24.3. The lowest BCUT2D eigenvalue weighted by Crippen LogP contribution is -2.29. The van der Waals surface area contributed by atoms with Crippen molar-refractivity contribution in [2.24, 2.45) is 0 Å². The number of Topliss-reactive ketones (excluding diaryl/α,β-unsaturated/α-hetero) is 2. The Balaban J connectivity index is 2.28. The van der Waals surface area contributed by atoms with E-state index < -0.39 is 22.9 Å². The van der Waals surface area contributed by atoms with Gasteiger partial charge in [0.25, 0.3) is 0 Å². The fourth-order valence-corrected chi connectivity index (χ4v) is 2.71. The van der Waals surface area contributed by atoms with Crippen molar-refractivity contribution in [1.82, 2.24) is 0 Å². The minimum atomic E-state index is -0.562. The molecule has 2 aliphatic rings. The first-order chi connectivity index (χ1) is 9.32. The quantitative estimate of drug-likeness (QED) is 0.789. The number of halogens is 1. The van der Waals surface area contributed by atoms with E-state index in [9.17, 15) is 14.7 Å². The second kappa shape index (κ2) is 4.06. The molecule has 1 aromatic carbocycles. The van der Waals surface area contributed by atoms with Gasteiger partial charge >= 0.3 is 0 Å². The van der Waals surface area contributed by atoms with Crippen LogP contribution in [0.4, 0.5) is 0 Å². The molecule has 5 heteroatoms. The molecule has 1 aliphatic heterocycles. The minimum Gasteiger partial charge on any atom is -0.503 e. The zero-order chi connectivity index (χ0) is 14.7. The minimum absolute atomic E-state index is 0.110. The number of aliphatic hydroxyl groups excluding tert-OH is 1. The Morgan fingerprint density at radius 3 is 2.60 bits per heavy atom. The van der Waals surface area contributed by atoms with Crippen molar-refractivity contribution in [1.29, 1.82) is 0 Å². The number of carbonyl (C=O) groups is 2. The van der Waals surface area contributed by atoms with Crippen LogP contribution >= 0.6 is 15.9 Å². The lowest BCUT2D eigenvalue weighted by atomic mass is 9.87. The monoisotopic (exact) mass is 334 g/mol. The molecule has 0 radical (unpaired) electrons. The fourth-order valence-electron chi connectivity index (χ4n) is 2.33. The molecule has 0 bridgehead atoms. The van der Waals surface area contributed by atoms with Crippen LogP contribution < -0.4 is 4.74 Å². The zero-order valence-corrected chi connectivity index (χ0v) is 12.4. The Morgan fingerprint density at radius 1 is 1.20 bits per heavy atom. The van der Waals surface area contributed by atoms with Gasteiger partial charge in [-0.2, -0.15) is 0 Å². The molecule has 0 unspecified atom stereocenters. The van der Waals surface area contributed by atoms with Gasteiger partial charge in [-0.15, -0.1) is 0 Å². The summed E-state index contributed by atoms with van der Waals surface area (Å²) in [6.45, 7) is 3.81. The summed E-state index contributed by atoms with van der Waals surface area (Å²) in [5, 5.41) is 9.66. The Kier molecular flexibility index (Phi) is 2.66. The third-order valence-corrected chi connectivity index (χ3v) is 4.06. The fraction of sp³-hybridized carbons (Fsp3) is 0.200. The number of ether oxygens (including phenoxy) is 1. The highest BCUT2D eigenvalue weighted by Crippen LogP contribution is 2.39. The van der Waals surface area contributed by atoms with Crippen molar-refractivity contribution < 1.29 is 19.4 Å². The Bertz CT molecular complexity index is 726. The molecule has 0 atom stereocenters. The third-order valence-electron chi connectivity index (χ3n) is 3.32. The van der Waals surface area contributed by atoms with Crippen LogP contribution in [0.15, 0.2) is 28.5 Å². The molecule has 1 aliphatic carbocycles. The number of allylic oxidation sites excluding steroid dienone is 2. The summed E-state index contributed by atoms with van der Waals surface area (Å²) in [7, 11) is 0. The van der Waals surface area contributed by atoms with E-state index in [0.717, 1.165) is 0 Å². The maximum atomic E-state index is 12.3. The highest BCUT2D eigenvalue weighted by atomic mass is 79.9. The molecule has 4 nitrogen and oxygen atoms in total. The summed E-state index contributed by atoms with van der Waals surface area (Å²) in [6.07, 6.45) is 3.62. The molecule has 0 aromatic heterocycles. The summed E-state index contributed by atoms with van der Waals surface area (Å²) in [5.41, 5.74) is 0.578. The van der Waals surface area contributed by atoms with Gasteiger partial charge in [0.2, 0.25) is 11.6 Å². The summed E-state index contributed by atoms with van der Waals surface area (Å²) < 4.78 is 5.68. The first-order valence-electron chi connectivity index (χ1n) is 6.05. The van der Waals surface area contributed by atoms with Gasteiger partial charge in [-0.25, -0.2) is 0 Å². The van der Waals surface area contributed by atoms with Crippen molar-refractivity contribution in [2.45, 2.75) is 19.4 Å². The number of ketones is 2. The molecule has 0 amide bonds. The lowest BCUT2D eigenvalue weighted by molar-refractivity contribution is 0.0935. The number of benzene rings is 1. The Hall–Kier alpha value is -1.88. The SMILES string of the molecule is CC1(C)C=Cc2c(ccc3c2C(=O)C(Br)=C(O)C3=O)O1. The smallest absolute Gasteiger partial charge is 0.229 e. The van der Waals surface area contributed by atoms with E-state index in [2.05, 4.69) is 15.9 Å². The maximum Gasteiger partial charge on any atom is 0.229 e. The molecule has 0 spiro atoms. The largest absolute Gasteiger partial charge is 0.503 e. The third kappa shape index (κ3) is 1.73. The average Bonchev–Trinajstić information content (AvgIpc) is 2.40. The van der Waals surface area contributed by atoms with Crippen molar-refractivity contribution in [3.63, 3.8) is 0 Å². The number of carbonyl (C=O) groups excluding carboxylic acids is 2. The topological polar surface area (TPSA) is 63.6 Å².